The predicted molar refractivity (Wildman–Crippen MR) is 75.8 cm³/mol. The molecule has 0 saturated heterocycles. The second-order valence-corrected chi connectivity index (χ2v) is 4.46. The normalized spacial score (nSPS) is 10.3. The molecule has 94 valence electrons. The number of anilines is 1. The van der Waals surface area contributed by atoms with Gasteiger partial charge in [-0.2, -0.15) is 0 Å². The van der Waals surface area contributed by atoms with Crippen molar-refractivity contribution in [1.29, 1.82) is 0 Å². The van der Waals surface area contributed by atoms with Crippen molar-refractivity contribution < 1.29 is 4.74 Å². The summed E-state index contributed by atoms with van der Waals surface area (Å²) >= 11 is 0. The summed E-state index contributed by atoms with van der Waals surface area (Å²) in [5, 5.41) is 0. The van der Waals surface area contributed by atoms with Crippen LogP contribution in [-0.2, 0) is 6.42 Å². The summed E-state index contributed by atoms with van der Waals surface area (Å²) in [6, 6.07) is 16.2. The fraction of sp³-hybridized carbons (Fsp3) is 0.250. The minimum atomic E-state index is 0.721. The fourth-order valence-corrected chi connectivity index (χ4v) is 1.88. The smallest absolute Gasteiger partial charge is 0.124 e. The first-order valence-electron chi connectivity index (χ1n) is 6.28. The van der Waals surface area contributed by atoms with Crippen molar-refractivity contribution in [3.8, 4) is 5.75 Å². The molecule has 2 aromatic carbocycles. The molecule has 0 aliphatic heterocycles. The quantitative estimate of drug-likeness (QED) is 0.641. The first-order chi connectivity index (χ1) is 8.75. The van der Waals surface area contributed by atoms with E-state index in [1.54, 1.807) is 0 Å². The molecule has 18 heavy (non-hydrogen) atoms. The van der Waals surface area contributed by atoms with Gasteiger partial charge in [0, 0.05) is 11.8 Å². The van der Waals surface area contributed by atoms with Gasteiger partial charge in [-0.3, -0.25) is 0 Å². The monoisotopic (exact) mass is 241 g/mol. The number of rotatable bonds is 5. The Morgan fingerprint density at radius 2 is 1.83 bits per heavy atom. The molecular weight excluding hydrogens is 222 g/mol. The largest absolute Gasteiger partial charge is 0.493 e. The third kappa shape index (κ3) is 3.52. The van der Waals surface area contributed by atoms with Gasteiger partial charge in [0.15, 0.2) is 0 Å². The lowest BCUT2D eigenvalue weighted by Crippen LogP contribution is -2.01. The topological polar surface area (TPSA) is 35.2 Å². The minimum Gasteiger partial charge on any atom is -0.493 e. The Bertz CT molecular complexity index is 494. The molecule has 0 fully saturated rings. The summed E-state index contributed by atoms with van der Waals surface area (Å²) in [6.45, 7) is 2.76. The van der Waals surface area contributed by atoms with Crippen LogP contribution in [0.2, 0.25) is 0 Å². The third-order valence-electron chi connectivity index (χ3n) is 2.92. The van der Waals surface area contributed by atoms with Crippen LogP contribution in [0.25, 0.3) is 0 Å². The van der Waals surface area contributed by atoms with Gasteiger partial charge in [0.25, 0.3) is 0 Å². The molecule has 0 radical (unpaired) electrons. The van der Waals surface area contributed by atoms with Crippen LogP contribution in [-0.4, -0.2) is 6.61 Å². The summed E-state index contributed by atoms with van der Waals surface area (Å²) in [6.07, 6.45) is 2.06. The Balaban J connectivity index is 1.80. The number of nitrogen functional groups attached to an aromatic ring is 1. The average Bonchev–Trinajstić information content (AvgIpc) is 2.40. The van der Waals surface area contributed by atoms with Gasteiger partial charge in [-0.25, -0.2) is 0 Å². The van der Waals surface area contributed by atoms with Gasteiger partial charge in [-0.1, -0.05) is 36.4 Å². The van der Waals surface area contributed by atoms with Crippen molar-refractivity contribution in [3.63, 3.8) is 0 Å². The molecular formula is C16H19NO. The number of nitrogens with two attached hydrogens (primary N) is 1. The molecule has 0 bridgehead atoms. The summed E-state index contributed by atoms with van der Waals surface area (Å²) in [7, 11) is 0. The maximum absolute atomic E-state index is 5.76. The summed E-state index contributed by atoms with van der Waals surface area (Å²) < 4.78 is 5.76. The standard InChI is InChI=1S/C16H19NO/c1-13-9-10-15(17)12-16(13)18-11-5-8-14-6-3-2-4-7-14/h2-4,6-7,9-10,12H,5,8,11,17H2,1H3. The highest BCUT2D eigenvalue weighted by atomic mass is 16.5. The molecule has 2 heteroatoms. The number of benzene rings is 2. The highest BCUT2D eigenvalue weighted by Crippen LogP contribution is 2.20. The Hall–Kier alpha value is -1.96. The van der Waals surface area contributed by atoms with Crippen LogP contribution in [0.15, 0.2) is 48.5 Å². The van der Waals surface area contributed by atoms with Crippen LogP contribution in [0, 0.1) is 6.92 Å². The van der Waals surface area contributed by atoms with E-state index in [0.29, 0.717) is 0 Å². The Labute approximate surface area is 108 Å². The highest BCUT2D eigenvalue weighted by molar-refractivity contribution is 5.47. The van der Waals surface area contributed by atoms with E-state index in [1.807, 2.05) is 31.2 Å². The number of hydrogen-bond donors (Lipinski definition) is 1. The molecule has 2 aromatic rings. The summed E-state index contributed by atoms with van der Waals surface area (Å²) in [5.74, 6) is 0.892. The number of aryl methyl sites for hydroxylation is 2. The van der Waals surface area contributed by atoms with E-state index in [1.165, 1.54) is 5.56 Å². The number of hydrogen-bond acceptors (Lipinski definition) is 2. The first-order valence-corrected chi connectivity index (χ1v) is 6.28. The lowest BCUT2D eigenvalue weighted by Gasteiger charge is -2.09. The fourth-order valence-electron chi connectivity index (χ4n) is 1.88. The Morgan fingerprint density at radius 1 is 1.06 bits per heavy atom. The van der Waals surface area contributed by atoms with Gasteiger partial charge in [-0.05, 0) is 37.0 Å². The predicted octanol–water partition coefficient (Wildman–Crippen LogP) is 3.59. The molecule has 2 N–H and O–H groups in total. The molecule has 2 nitrogen and oxygen atoms in total. The number of ether oxygens (including phenoxy) is 1. The van der Waals surface area contributed by atoms with Crippen LogP contribution in [0.5, 0.6) is 5.75 Å². The Kier molecular flexibility index (Phi) is 4.24. The van der Waals surface area contributed by atoms with E-state index >= 15 is 0 Å². The molecule has 2 rings (SSSR count). The minimum absolute atomic E-state index is 0.721. The molecule has 0 aliphatic rings. The first kappa shape index (κ1) is 12.5. The lowest BCUT2D eigenvalue weighted by molar-refractivity contribution is 0.309. The van der Waals surface area contributed by atoms with Crippen molar-refractivity contribution in [2.24, 2.45) is 0 Å². The molecule has 0 heterocycles. The van der Waals surface area contributed by atoms with Crippen molar-refractivity contribution in [2.45, 2.75) is 19.8 Å². The lowest BCUT2D eigenvalue weighted by atomic mass is 10.1. The summed E-state index contributed by atoms with van der Waals surface area (Å²) in [5.41, 5.74) is 8.97. The molecule has 0 aliphatic carbocycles. The van der Waals surface area contributed by atoms with Crippen LogP contribution < -0.4 is 10.5 Å². The van der Waals surface area contributed by atoms with E-state index in [0.717, 1.165) is 36.4 Å². The second kappa shape index (κ2) is 6.10. The molecule has 0 unspecified atom stereocenters. The van der Waals surface area contributed by atoms with Gasteiger partial charge in [-0.15, -0.1) is 0 Å². The van der Waals surface area contributed by atoms with E-state index in [-0.39, 0.29) is 0 Å². The molecule has 0 atom stereocenters. The van der Waals surface area contributed by atoms with Gasteiger partial charge in [0.1, 0.15) is 5.75 Å². The molecule has 0 saturated carbocycles. The maximum Gasteiger partial charge on any atom is 0.124 e. The zero-order valence-corrected chi connectivity index (χ0v) is 10.7. The van der Waals surface area contributed by atoms with Gasteiger partial charge in [0.2, 0.25) is 0 Å². The van der Waals surface area contributed by atoms with Gasteiger partial charge < -0.3 is 10.5 Å². The SMILES string of the molecule is Cc1ccc(N)cc1OCCCc1ccccc1. The van der Waals surface area contributed by atoms with E-state index in [9.17, 15) is 0 Å². The molecule has 0 amide bonds. The van der Waals surface area contributed by atoms with Crippen LogP contribution in [0.3, 0.4) is 0 Å². The summed E-state index contributed by atoms with van der Waals surface area (Å²) in [4.78, 5) is 0. The van der Waals surface area contributed by atoms with E-state index < -0.39 is 0 Å². The van der Waals surface area contributed by atoms with Gasteiger partial charge in [0.05, 0.1) is 6.61 Å². The highest BCUT2D eigenvalue weighted by Gasteiger charge is 2.00. The van der Waals surface area contributed by atoms with E-state index in [2.05, 4.69) is 24.3 Å². The molecule has 0 spiro atoms. The third-order valence-corrected chi connectivity index (χ3v) is 2.92. The zero-order chi connectivity index (χ0) is 12.8. The zero-order valence-electron chi connectivity index (χ0n) is 10.7. The van der Waals surface area contributed by atoms with Crippen LogP contribution in [0.1, 0.15) is 17.5 Å². The second-order valence-electron chi connectivity index (χ2n) is 4.46. The van der Waals surface area contributed by atoms with Crippen molar-refractivity contribution in [2.75, 3.05) is 12.3 Å². The molecule has 0 aromatic heterocycles. The van der Waals surface area contributed by atoms with Crippen molar-refractivity contribution in [3.05, 3.63) is 59.7 Å². The van der Waals surface area contributed by atoms with Crippen LogP contribution >= 0.6 is 0 Å². The van der Waals surface area contributed by atoms with Crippen molar-refractivity contribution >= 4 is 5.69 Å². The van der Waals surface area contributed by atoms with Gasteiger partial charge >= 0.3 is 0 Å². The van der Waals surface area contributed by atoms with E-state index in [4.69, 9.17) is 10.5 Å². The Morgan fingerprint density at radius 3 is 2.61 bits per heavy atom. The van der Waals surface area contributed by atoms with Crippen molar-refractivity contribution in [1.82, 2.24) is 0 Å². The average molecular weight is 241 g/mol. The van der Waals surface area contributed by atoms with Crippen LogP contribution in [0.4, 0.5) is 5.69 Å². The maximum atomic E-state index is 5.76.